The Morgan fingerprint density at radius 1 is 1.18 bits per heavy atom. The summed E-state index contributed by atoms with van der Waals surface area (Å²) in [4.78, 5) is 28.5. The Balaban J connectivity index is 1.49. The molecule has 5 rings (SSSR count). The Kier molecular flexibility index (Phi) is 5.29. The van der Waals surface area contributed by atoms with Crippen molar-refractivity contribution in [3.8, 4) is 11.3 Å². The van der Waals surface area contributed by atoms with Gasteiger partial charge >= 0.3 is 0 Å². The molecule has 0 radical (unpaired) electrons. The van der Waals surface area contributed by atoms with Gasteiger partial charge in [0.25, 0.3) is 5.56 Å². The normalized spacial score (nSPS) is 23.5. The van der Waals surface area contributed by atoms with Gasteiger partial charge in [0.1, 0.15) is 6.54 Å². The molecule has 0 aliphatic heterocycles. The summed E-state index contributed by atoms with van der Waals surface area (Å²) in [6.45, 7) is 2.30. The third-order valence-electron chi connectivity index (χ3n) is 6.46. The molecule has 6 heteroatoms. The van der Waals surface area contributed by atoms with Crippen LogP contribution in [0.15, 0.2) is 35.3 Å². The Morgan fingerprint density at radius 2 is 1.93 bits per heavy atom. The van der Waals surface area contributed by atoms with E-state index in [4.69, 9.17) is 4.98 Å². The second kappa shape index (κ2) is 7.86. The molecule has 1 amide bonds. The molecule has 1 N–H and O–H groups in total. The fourth-order valence-corrected chi connectivity index (χ4v) is 4.77. The molecule has 3 saturated carbocycles. The van der Waals surface area contributed by atoms with Gasteiger partial charge in [0.15, 0.2) is 0 Å². The van der Waals surface area contributed by atoms with Crippen molar-refractivity contribution in [1.29, 1.82) is 0 Å². The standard InChI is InChI=1S/C22H28N4O2/c1-2-23-20(27)15-26-21(28)6-5-19(25-26)17-3-4-18(24-14-17)13-22-10-7-16(8-11-22)9-12-22/h3-6,14,16H,2,7-13,15H2,1H3,(H,23,27). The van der Waals surface area contributed by atoms with Crippen LogP contribution in [-0.2, 0) is 17.8 Å². The van der Waals surface area contributed by atoms with E-state index in [1.165, 1.54) is 49.3 Å². The quantitative estimate of drug-likeness (QED) is 0.836. The first kappa shape index (κ1) is 18.8. The summed E-state index contributed by atoms with van der Waals surface area (Å²) in [6.07, 6.45) is 11.1. The zero-order valence-electron chi connectivity index (χ0n) is 16.5. The van der Waals surface area contributed by atoms with Crippen molar-refractivity contribution in [2.24, 2.45) is 11.3 Å². The highest BCUT2D eigenvalue weighted by atomic mass is 16.2. The molecule has 2 heterocycles. The van der Waals surface area contributed by atoms with Crippen molar-refractivity contribution < 1.29 is 4.79 Å². The third-order valence-corrected chi connectivity index (χ3v) is 6.46. The number of rotatable bonds is 6. The van der Waals surface area contributed by atoms with Gasteiger partial charge in [-0.3, -0.25) is 14.6 Å². The predicted octanol–water partition coefficient (Wildman–Crippen LogP) is 2.95. The van der Waals surface area contributed by atoms with Gasteiger partial charge in [-0.2, -0.15) is 5.10 Å². The van der Waals surface area contributed by atoms with Crippen LogP contribution in [-0.4, -0.2) is 27.2 Å². The lowest BCUT2D eigenvalue weighted by Crippen LogP contribution is -2.35. The lowest BCUT2D eigenvalue weighted by molar-refractivity contribution is -0.121. The summed E-state index contributed by atoms with van der Waals surface area (Å²) in [7, 11) is 0. The number of carbonyl (C=O) groups is 1. The van der Waals surface area contributed by atoms with Crippen molar-refractivity contribution in [3.05, 3.63) is 46.5 Å². The van der Waals surface area contributed by atoms with Crippen LogP contribution in [0.25, 0.3) is 11.3 Å². The van der Waals surface area contributed by atoms with Crippen LogP contribution in [0.5, 0.6) is 0 Å². The molecule has 3 aliphatic carbocycles. The second-order valence-electron chi connectivity index (χ2n) is 8.37. The van der Waals surface area contributed by atoms with Gasteiger partial charge in [-0.25, -0.2) is 4.68 Å². The number of nitrogens with one attached hydrogen (secondary N) is 1. The Bertz CT molecular complexity index is 882. The minimum absolute atomic E-state index is 0.0739. The van der Waals surface area contributed by atoms with Crippen molar-refractivity contribution in [1.82, 2.24) is 20.1 Å². The summed E-state index contributed by atoms with van der Waals surface area (Å²) < 4.78 is 1.20. The van der Waals surface area contributed by atoms with E-state index in [1.807, 2.05) is 19.2 Å². The fraction of sp³-hybridized carbons (Fsp3) is 0.545. The van der Waals surface area contributed by atoms with Gasteiger partial charge in [-0.05, 0) is 81.4 Å². The monoisotopic (exact) mass is 380 g/mol. The number of aromatic nitrogens is 3. The first-order chi connectivity index (χ1) is 13.6. The summed E-state index contributed by atoms with van der Waals surface area (Å²) in [6, 6.07) is 7.26. The topological polar surface area (TPSA) is 76.9 Å². The molecule has 28 heavy (non-hydrogen) atoms. The lowest BCUT2D eigenvalue weighted by Gasteiger charge is -2.46. The molecule has 6 nitrogen and oxygen atoms in total. The fourth-order valence-electron chi connectivity index (χ4n) is 4.77. The number of fused-ring (bicyclic) bond motifs is 3. The molecule has 0 saturated heterocycles. The van der Waals surface area contributed by atoms with Gasteiger partial charge in [0.05, 0.1) is 5.69 Å². The molecule has 3 fully saturated rings. The summed E-state index contributed by atoms with van der Waals surface area (Å²) >= 11 is 0. The Morgan fingerprint density at radius 3 is 2.57 bits per heavy atom. The minimum Gasteiger partial charge on any atom is -0.355 e. The highest BCUT2D eigenvalue weighted by molar-refractivity contribution is 5.75. The van der Waals surface area contributed by atoms with Crippen LogP contribution in [0.1, 0.15) is 51.1 Å². The molecule has 3 aliphatic rings. The maximum atomic E-state index is 12.0. The van der Waals surface area contributed by atoms with Crippen molar-refractivity contribution in [2.45, 2.75) is 58.4 Å². The van der Waals surface area contributed by atoms with Gasteiger partial charge < -0.3 is 5.32 Å². The maximum Gasteiger partial charge on any atom is 0.267 e. The van der Waals surface area contributed by atoms with E-state index in [9.17, 15) is 9.59 Å². The zero-order valence-corrected chi connectivity index (χ0v) is 16.5. The van der Waals surface area contributed by atoms with Crippen LogP contribution < -0.4 is 10.9 Å². The molecule has 2 aromatic heterocycles. The van der Waals surface area contributed by atoms with Crippen LogP contribution in [0.3, 0.4) is 0 Å². The molecule has 0 unspecified atom stereocenters. The minimum atomic E-state index is -0.286. The van der Waals surface area contributed by atoms with Crippen molar-refractivity contribution in [2.75, 3.05) is 6.54 Å². The zero-order chi connectivity index (χ0) is 19.6. The van der Waals surface area contributed by atoms with Crippen LogP contribution in [0.4, 0.5) is 0 Å². The van der Waals surface area contributed by atoms with Crippen molar-refractivity contribution in [3.63, 3.8) is 0 Å². The van der Waals surface area contributed by atoms with Gasteiger partial charge in [-0.15, -0.1) is 0 Å². The van der Waals surface area contributed by atoms with E-state index in [2.05, 4.69) is 16.5 Å². The highest BCUT2D eigenvalue weighted by Gasteiger charge is 2.40. The molecule has 2 aromatic rings. The smallest absolute Gasteiger partial charge is 0.267 e. The maximum absolute atomic E-state index is 12.0. The van der Waals surface area contributed by atoms with Gasteiger partial charge in [-0.1, -0.05) is 0 Å². The third kappa shape index (κ3) is 4.01. The Labute approximate surface area is 165 Å². The molecular weight excluding hydrogens is 352 g/mol. The van der Waals surface area contributed by atoms with Gasteiger partial charge in [0.2, 0.25) is 5.91 Å². The van der Waals surface area contributed by atoms with E-state index in [0.717, 1.165) is 23.6 Å². The summed E-state index contributed by atoms with van der Waals surface area (Å²) in [5.41, 5.74) is 2.82. The number of carbonyl (C=O) groups excluding carboxylic acids is 1. The predicted molar refractivity (Wildman–Crippen MR) is 108 cm³/mol. The molecule has 148 valence electrons. The number of pyridine rings is 1. The number of nitrogens with zero attached hydrogens (tertiary/aromatic N) is 3. The summed E-state index contributed by atoms with van der Waals surface area (Å²) in [5, 5.41) is 7.04. The second-order valence-corrected chi connectivity index (χ2v) is 8.37. The van der Waals surface area contributed by atoms with E-state index in [1.54, 1.807) is 6.07 Å². The average Bonchev–Trinajstić information content (AvgIpc) is 2.72. The SMILES string of the molecule is CCNC(=O)Cn1nc(-c2ccc(CC34CCC(CC3)CC4)nc2)ccc1=O. The van der Waals surface area contributed by atoms with E-state index < -0.39 is 0 Å². The molecule has 2 bridgehead atoms. The molecule has 0 atom stereocenters. The largest absolute Gasteiger partial charge is 0.355 e. The van der Waals surface area contributed by atoms with Crippen LogP contribution >= 0.6 is 0 Å². The first-order valence-corrected chi connectivity index (χ1v) is 10.4. The summed E-state index contributed by atoms with van der Waals surface area (Å²) in [5.74, 6) is 0.752. The molecule has 0 aromatic carbocycles. The highest BCUT2D eigenvalue weighted by Crippen LogP contribution is 2.51. The molecule has 0 spiro atoms. The lowest BCUT2D eigenvalue weighted by atomic mass is 9.59. The van der Waals surface area contributed by atoms with E-state index >= 15 is 0 Å². The number of amides is 1. The number of likely N-dealkylation sites (N-methyl/N-ethyl adjacent to an activating group) is 1. The van der Waals surface area contributed by atoms with Crippen molar-refractivity contribution >= 4 is 5.91 Å². The van der Waals surface area contributed by atoms with E-state index in [0.29, 0.717) is 17.7 Å². The van der Waals surface area contributed by atoms with Crippen LogP contribution in [0.2, 0.25) is 0 Å². The number of hydrogen-bond donors (Lipinski definition) is 1. The van der Waals surface area contributed by atoms with E-state index in [-0.39, 0.29) is 18.0 Å². The average molecular weight is 380 g/mol. The number of hydrogen-bond acceptors (Lipinski definition) is 4. The first-order valence-electron chi connectivity index (χ1n) is 10.4. The molecular formula is C22H28N4O2. The Hall–Kier alpha value is -2.50. The van der Waals surface area contributed by atoms with Gasteiger partial charge in [0, 0.05) is 30.1 Å². The van der Waals surface area contributed by atoms with Crippen LogP contribution in [0, 0.1) is 11.3 Å².